The van der Waals surface area contributed by atoms with Gasteiger partial charge in [0, 0.05) is 17.3 Å². The van der Waals surface area contributed by atoms with Crippen LogP contribution in [0.5, 0.6) is 11.5 Å². The molecule has 0 unspecified atom stereocenters. The second kappa shape index (κ2) is 8.19. The van der Waals surface area contributed by atoms with Crippen molar-refractivity contribution in [3.8, 4) is 11.5 Å². The lowest BCUT2D eigenvalue weighted by Gasteiger charge is -2.11. The number of benzene rings is 2. The zero-order valence-corrected chi connectivity index (χ0v) is 14.7. The lowest BCUT2D eigenvalue weighted by Crippen LogP contribution is -2.14. The quantitative estimate of drug-likeness (QED) is 0.812. The van der Waals surface area contributed by atoms with E-state index in [1.807, 2.05) is 0 Å². The molecular weight excluding hydrogens is 322 g/mol. The lowest BCUT2D eigenvalue weighted by molar-refractivity contribution is 0.0378. The first-order valence-corrected chi connectivity index (χ1v) is 7.78. The molecule has 0 saturated heterocycles. The van der Waals surface area contributed by atoms with E-state index in [0.29, 0.717) is 28.3 Å². The van der Waals surface area contributed by atoms with Crippen molar-refractivity contribution in [2.24, 2.45) is 0 Å². The number of anilines is 1. The first-order chi connectivity index (χ1) is 11.9. The number of rotatable bonds is 6. The number of carbonyl (C=O) groups excluding carboxylic acids is 2. The lowest BCUT2D eigenvalue weighted by atomic mass is 10.1. The molecule has 0 saturated carbocycles. The van der Waals surface area contributed by atoms with E-state index in [0.717, 1.165) is 0 Å². The fraction of sp³-hybridized carbons (Fsp3) is 0.263. The Bertz CT molecular complexity index is 748. The molecule has 0 aliphatic rings. The van der Waals surface area contributed by atoms with Gasteiger partial charge in [-0.15, -0.1) is 0 Å². The number of carbonyl (C=O) groups is 2. The molecule has 1 amide bonds. The smallest absolute Gasteiger partial charge is 0.338 e. The van der Waals surface area contributed by atoms with Gasteiger partial charge in [-0.1, -0.05) is 6.07 Å². The molecule has 6 heteroatoms. The average molecular weight is 343 g/mol. The van der Waals surface area contributed by atoms with Crippen LogP contribution in [-0.2, 0) is 4.74 Å². The van der Waals surface area contributed by atoms with Crippen LogP contribution in [0.4, 0.5) is 5.69 Å². The van der Waals surface area contributed by atoms with E-state index in [1.54, 1.807) is 56.3 Å². The van der Waals surface area contributed by atoms with E-state index in [-0.39, 0.29) is 12.0 Å². The summed E-state index contributed by atoms with van der Waals surface area (Å²) >= 11 is 0. The highest BCUT2D eigenvalue weighted by Gasteiger charge is 2.13. The molecule has 25 heavy (non-hydrogen) atoms. The van der Waals surface area contributed by atoms with Crippen LogP contribution in [-0.4, -0.2) is 32.2 Å². The van der Waals surface area contributed by atoms with E-state index in [9.17, 15) is 9.59 Å². The molecule has 0 aliphatic carbocycles. The van der Waals surface area contributed by atoms with E-state index in [1.165, 1.54) is 14.2 Å². The Hall–Kier alpha value is -3.02. The van der Waals surface area contributed by atoms with Gasteiger partial charge in [-0.25, -0.2) is 4.79 Å². The zero-order chi connectivity index (χ0) is 18.4. The fourth-order valence-corrected chi connectivity index (χ4v) is 2.15. The van der Waals surface area contributed by atoms with Crippen molar-refractivity contribution in [2.45, 2.75) is 20.0 Å². The van der Waals surface area contributed by atoms with Gasteiger partial charge in [0.25, 0.3) is 5.91 Å². The van der Waals surface area contributed by atoms with Gasteiger partial charge in [-0.3, -0.25) is 4.79 Å². The van der Waals surface area contributed by atoms with Crippen molar-refractivity contribution in [2.75, 3.05) is 19.5 Å². The molecule has 0 atom stereocenters. The third-order valence-corrected chi connectivity index (χ3v) is 3.31. The number of hydrogen-bond acceptors (Lipinski definition) is 5. The third-order valence-electron chi connectivity index (χ3n) is 3.31. The van der Waals surface area contributed by atoms with Crippen molar-refractivity contribution in [3.63, 3.8) is 0 Å². The van der Waals surface area contributed by atoms with Gasteiger partial charge in [0.05, 0.1) is 25.9 Å². The molecule has 0 aliphatic heterocycles. The van der Waals surface area contributed by atoms with Crippen LogP contribution in [0, 0.1) is 0 Å². The van der Waals surface area contributed by atoms with Crippen LogP contribution < -0.4 is 14.8 Å². The Labute approximate surface area is 146 Å². The van der Waals surface area contributed by atoms with Gasteiger partial charge in [0.2, 0.25) is 0 Å². The van der Waals surface area contributed by atoms with Crippen LogP contribution in [0.3, 0.4) is 0 Å². The average Bonchev–Trinajstić information content (AvgIpc) is 2.60. The van der Waals surface area contributed by atoms with Crippen LogP contribution >= 0.6 is 0 Å². The molecule has 0 spiro atoms. The molecule has 2 rings (SSSR count). The largest absolute Gasteiger partial charge is 0.497 e. The maximum absolute atomic E-state index is 12.5. The summed E-state index contributed by atoms with van der Waals surface area (Å²) < 4.78 is 15.5. The van der Waals surface area contributed by atoms with Crippen molar-refractivity contribution in [1.82, 2.24) is 0 Å². The van der Waals surface area contributed by atoms with Crippen molar-refractivity contribution < 1.29 is 23.8 Å². The highest BCUT2D eigenvalue weighted by Crippen LogP contribution is 2.23. The minimum absolute atomic E-state index is 0.213. The summed E-state index contributed by atoms with van der Waals surface area (Å²) in [5.74, 6) is 0.248. The SMILES string of the molecule is COc1cc(OC)cc(C(=O)Nc2cccc(C(=O)OC(C)C)c2)c1. The van der Waals surface area contributed by atoms with Crippen LogP contribution in [0.15, 0.2) is 42.5 Å². The predicted molar refractivity (Wildman–Crippen MR) is 94.5 cm³/mol. The number of nitrogens with one attached hydrogen (secondary N) is 1. The summed E-state index contributed by atoms with van der Waals surface area (Å²) in [6.45, 7) is 3.55. The van der Waals surface area contributed by atoms with Crippen molar-refractivity contribution in [3.05, 3.63) is 53.6 Å². The molecule has 132 valence electrons. The second-order valence-corrected chi connectivity index (χ2v) is 5.59. The fourth-order valence-electron chi connectivity index (χ4n) is 2.15. The summed E-state index contributed by atoms with van der Waals surface area (Å²) in [6, 6.07) is 11.5. The summed E-state index contributed by atoms with van der Waals surface area (Å²) in [7, 11) is 3.03. The van der Waals surface area contributed by atoms with Gasteiger partial charge >= 0.3 is 5.97 Å². The van der Waals surface area contributed by atoms with Gasteiger partial charge in [-0.05, 0) is 44.2 Å². The first-order valence-electron chi connectivity index (χ1n) is 7.78. The van der Waals surface area contributed by atoms with E-state index in [2.05, 4.69) is 5.32 Å². The number of esters is 1. The van der Waals surface area contributed by atoms with E-state index in [4.69, 9.17) is 14.2 Å². The molecular formula is C19H21NO5. The molecule has 0 fully saturated rings. The van der Waals surface area contributed by atoms with Gasteiger partial charge in [-0.2, -0.15) is 0 Å². The zero-order valence-electron chi connectivity index (χ0n) is 14.7. The Morgan fingerprint density at radius 1 is 0.920 bits per heavy atom. The Morgan fingerprint density at radius 3 is 2.12 bits per heavy atom. The van der Waals surface area contributed by atoms with Gasteiger partial charge in [0.1, 0.15) is 11.5 Å². The van der Waals surface area contributed by atoms with E-state index < -0.39 is 5.97 Å². The molecule has 0 radical (unpaired) electrons. The van der Waals surface area contributed by atoms with Crippen LogP contribution in [0.1, 0.15) is 34.6 Å². The number of amides is 1. The summed E-state index contributed by atoms with van der Waals surface area (Å²) in [6.07, 6.45) is -0.213. The van der Waals surface area contributed by atoms with Crippen molar-refractivity contribution >= 4 is 17.6 Å². The highest BCUT2D eigenvalue weighted by atomic mass is 16.5. The summed E-state index contributed by atoms with van der Waals surface area (Å²) in [5.41, 5.74) is 1.24. The van der Waals surface area contributed by atoms with E-state index >= 15 is 0 Å². The highest BCUT2D eigenvalue weighted by molar-refractivity contribution is 6.05. The monoisotopic (exact) mass is 343 g/mol. The molecule has 0 heterocycles. The van der Waals surface area contributed by atoms with Crippen LogP contribution in [0.25, 0.3) is 0 Å². The molecule has 1 N–H and O–H groups in total. The maximum atomic E-state index is 12.5. The Morgan fingerprint density at radius 2 is 1.56 bits per heavy atom. The maximum Gasteiger partial charge on any atom is 0.338 e. The Balaban J connectivity index is 2.19. The second-order valence-electron chi connectivity index (χ2n) is 5.59. The standard InChI is InChI=1S/C19H21NO5/c1-12(2)25-19(22)13-6-5-7-15(8-13)20-18(21)14-9-16(23-3)11-17(10-14)24-4/h5-12H,1-4H3,(H,20,21). The minimum atomic E-state index is -0.436. The molecule has 6 nitrogen and oxygen atoms in total. The molecule has 2 aromatic rings. The van der Waals surface area contributed by atoms with Crippen LogP contribution in [0.2, 0.25) is 0 Å². The molecule has 0 aromatic heterocycles. The molecule has 0 bridgehead atoms. The third kappa shape index (κ3) is 4.97. The minimum Gasteiger partial charge on any atom is -0.497 e. The number of hydrogen-bond donors (Lipinski definition) is 1. The summed E-state index contributed by atoms with van der Waals surface area (Å²) in [4.78, 5) is 24.4. The predicted octanol–water partition coefficient (Wildman–Crippen LogP) is 3.52. The van der Waals surface area contributed by atoms with Gasteiger partial charge < -0.3 is 19.5 Å². The first kappa shape index (κ1) is 18.3. The normalized spacial score (nSPS) is 10.3. The molecule has 2 aromatic carbocycles. The van der Waals surface area contributed by atoms with Gasteiger partial charge in [0.15, 0.2) is 0 Å². The number of ether oxygens (including phenoxy) is 3. The summed E-state index contributed by atoms with van der Waals surface area (Å²) in [5, 5.41) is 2.75. The van der Waals surface area contributed by atoms with Crippen molar-refractivity contribution in [1.29, 1.82) is 0 Å². The number of methoxy groups -OCH3 is 2. The Kier molecular flexibility index (Phi) is 6.00. The topological polar surface area (TPSA) is 73.9 Å².